The quantitative estimate of drug-likeness (QED) is 0.877. The van der Waals surface area contributed by atoms with Crippen molar-refractivity contribution in [2.24, 2.45) is 0 Å². The Morgan fingerprint density at radius 2 is 1.75 bits per heavy atom. The van der Waals surface area contributed by atoms with E-state index in [9.17, 15) is 9.59 Å². The second-order valence-electron chi connectivity index (χ2n) is 3.04. The van der Waals surface area contributed by atoms with Crippen molar-refractivity contribution >= 4 is 49.4 Å². The number of carboxylic acid groups (broad SMARTS) is 1. The normalized spacial score (nSPS) is 9.88. The van der Waals surface area contributed by atoms with E-state index >= 15 is 0 Å². The Morgan fingerprint density at radius 1 is 1.19 bits per heavy atom. The molecule has 0 unspecified atom stereocenters. The summed E-state index contributed by atoms with van der Waals surface area (Å²) < 4.78 is 1.48. The molecule has 2 N–H and O–H groups in total. The Morgan fingerprint density at radius 3 is 2.25 bits per heavy atom. The fourth-order valence-corrected chi connectivity index (χ4v) is 2.24. The lowest BCUT2D eigenvalue weighted by Gasteiger charge is -2.08. The number of hydrogen-bond acceptors (Lipinski definition) is 2. The topological polar surface area (TPSA) is 66.4 Å². The number of para-hydroxylation sites is 1. The largest absolute Gasteiger partial charge is 0.481 e. The number of aliphatic carboxylic acids is 1. The molecular formula is C10H9Br2NO3. The van der Waals surface area contributed by atoms with E-state index in [4.69, 9.17) is 5.11 Å². The first-order valence-electron chi connectivity index (χ1n) is 4.46. The van der Waals surface area contributed by atoms with E-state index in [-0.39, 0.29) is 18.7 Å². The summed E-state index contributed by atoms with van der Waals surface area (Å²) in [5, 5.41) is 11.1. The van der Waals surface area contributed by atoms with Gasteiger partial charge >= 0.3 is 5.97 Å². The molecule has 0 aliphatic heterocycles. The van der Waals surface area contributed by atoms with E-state index in [2.05, 4.69) is 37.2 Å². The highest BCUT2D eigenvalue weighted by Crippen LogP contribution is 2.30. The summed E-state index contributed by atoms with van der Waals surface area (Å²) in [7, 11) is 0. The SMILES string of the molecule is O=C(O)CCC(=O)Nc1c(Br)cccc1Br. The maximum absolute atomic E-state index is 11.4. The van der Waals surface area contributed by atoms with Crippen LogP contribution in [-0.2, 0) is 9.59 Å². The molecule has 0 radical (unpaired) electrons. The van der Waals surface area contributed by atoms with Crippen LogP contribution in [0.4, 0.5) is 5.69 Å². The minimum absolute atomic E-state index is 0.0386. The lowest BCUT2D eigenvalue weighted by molar-refractivity contribution is -0.138. The van der Waals surface area contributed by atoms with Gasteiger partial charge in [0.2, 0.25) is 5.91 Å². The first-order chi connectivity index (χ1) is 7.50. The van der Waals surface area contributed by atoms with E-state index in [1.54, 1.807) is 12.1 Å². The highest BCUT2D eigenvalue weighted by atomic mass is 79.9. The van der Waals surface area contributed by atoms with Crippen molar-refractivity contribution < 1.29 is 14.7 Å². The van der Waals surface area contributed by atoms with Crippen molar-refractivity contribution in [1.82, 2.24) is 0 Å². The lowest BCUT2D eigenvalue weighted by Crippen LogP contribution is -2.13. The van der Waals surface area contributed by atoms with Crippen LogP contribution in [0.25, 0.3) is 0 Å². The monoisotopic (exact) mass is 349 g/mol. The fraction of sp³-hybridized carbons (Fsp3) is 0.200. The zero-order chi connectivity index (χ0) is 12.1. The second kappa shape index (κ2) is 6.00. The molecule has 0 aliphatic carbocycles. The van der Waals surface area contributed by atoms with E-state index in [0.717, 1.165) is 8.95 Å². The summed E-state index contributed by atoms with van der Waals surface area (Å²) in [4.78, 5) is 21.7. The minimum Gasteiger partial charge on any atom is -0.481 e. The number of carbonyl (C=O) groups excluding carboxylic acids is 1. The molecule has 1 rings (SSSR count). The van der Waals surface area contributed by atoms with Gasteiger partial charge in [0, 0.05) is 15.4 Å². The molecule has 0 bridgehead atoms. The second-order valence-corrected chi connectivity index (χ2v) is 4.75. The number of halogens is 2. The van der Waals surface area contributed by atoms with Crippen molar-refractivity contribution in [3.05, 3.63) is 27.1 Å². The molecule has 1 aromatic rings. The third-order valence-corrected chi connectivity index (χ3v) is 3.11. The van der Waals surface area contributed by atoms with Crippen LogP contribution in [0.5, 0.6) is 0 Å². The molecule has 0 aliphatic rings. The summed E-state index contributed by atoms with van der Waals surface area (Å²) in [6, 6.07) is 5.40. The third-order valence-electron chi connectivity index (χ3n) is 1.79. The average molecular weight is 351 g/mol. The Hall–Kier alpha value is -0.880. The van der Waals surface area contributed by atoms with Gasteiger partial charge in [-0.1, -0.05) is 6.07 Å². The summed E-state index contributed by atoms with van der Waals surface area (Å²) in [5.41, 5.74) is 0.609. The van der Waals surface area contributed by atoms with E-state index in [1.165, 1.54) is 0 Å². The number of benzene rings is 1. The molecule has 6 heteroatoms. The number of carboxylic acids is 1. The molecule has 0 spiro atoms. The number of amides is 1. The zero-order valence-electron chi connectivity index (χ0n) is 8.17. The number of hydrogen-bond donors (Lipinski definition) is 2. The molecule has 0 heterocycles. The number of carbonyl (C=O) groups is 2. The molecule has 0 fully saturated rings. The van der Waals surface area contributed by atoms with Gasteiger partial charge in [0.05, 0.1) is 12.1 Å². The summed E-state index contributed by atoms with van der Waals surface area (Å²) >= 11 is 6.59. The summed E-state index contributed by atoms with van der Waals surface area (Å²) in [6.07, 6.45) is -0.211. The van der Waals surface area contributed by atoms with Gasteiger partial charge < -0.3 is 10.4 Å². The molecule has 1 amide bonds. The predicted molar refractivity (Wildman–Crippen MR) is 67.3 cm³/mol. The Labute approximate surface area is 109 Å². The van der Waals surface area contributed by atoms with Gasteiger partial charge in [-0.15, -0.1) is 0 Å². The molecule has 0 aromatic heterocycles. The van der Waals surface area contributed by atoms with Gasteiger partial charge in [0.25, 0.3) is 0 Å². The van der Waals surface area contributed by atoms with E-state index in [0.29, 0.717) is 5.69 Å². The Balaban J connectivity index is 2.66. The van der Waals surface area contributed by atoms with Crippen molar-refractivity contribution in [1.29, 1.82) is 0 Å². The number of anilines is 1. The van der Waals surface area contributed by atoms with E-state index < -0.39 is 5.97 Å². The first-order valence-corrected chi connectivity index (χ1v) is 6.05. The first kappa shape index (κ1) is 13.2. The van der Waals surface area contributed by atoms with Gasteiger partial charge in [-0.2, -0.15) is 0 Å². The van der Waals surface area contributed by atoms with Crippen LogP contribution < -0.4 is 5.32 Å². The Kier molecular flexibility index (Phi) is 4.95. The molecular weight excluding hydrogens is 342 g/mol. The van der Waals surface area contributed by atoms with E-state index in [1.807, 2.05) is 6.07 Å². The zero-order valence-corrected chi connectivity index (χ0v) is 11.3. The van der Waals surface area contributed by atoms with Gasteiger partial charge in [0.1, 0.15) is 0 Å². The van der Waals surface area contributed by atoms with Crippen LogP contribution in [0.3, 0.4) is 0 Å². The third kappa shape index (κ3) is 3.94. The molecule has 1 aromatic carbocycles. The predicted octanol–water partition coefficient (Wildman–Crippen LogP) is 3.01. The lowest BCUT2D eigenvalue weighted by atomic mass is 10.2. The molecule has 0 atom stereocenters. The van der Waals surface area contributed by atoms with Crippen LogP contribution in [0.15, 0.2) is 27.1 Å². The van der Waals surface area contributed by atoms with Crippen molar-refractivity contribution in [2.75, 3.05) is 5.32 Å². The molecule has 0 saturated heterocycles. The summed E-state index contributed by atoms with van der Waals surface area (Å²) in [6.45, 7) is 0. The van der Waals surface area contributed by atoms with Gasteiger partial charge in [0.15, 0.2) is 0 Å². The maximum atomic E-state index is 11.4. The Bertz CT molecular complexity index is 400. The van der Waals surface area contributed by atoms with Crippen LogP contribution in [0, 0.1) is 0 Å². The number of rotatable bonds is 4. The van der Waals surface area contributed by atoms with Crippen molar-refractivity contribution in [3.63, 3.8) is 0 Å². The molecule has 0 saturated carbocycles. The van der Waals surface area contributed by atoms with Gasteiger partial charge in [-0.25, -0.2) is 0 Å². The van der Waals surface area contributed by atoms with Crippen LogP contribution >= 0.6 is 31.9 Å². The van der Waals surface area contributed by atoms with Crippen LogP contribution in [-0.4, -0.2) is 17.0 Å². The minimum atomic E-state index is -0.985. The molecule has 86 valence electrons. The smallest absolute Gasteiger partial charge is 0.303 e. The molecule has 16 heavy (non-hydrogen) atoms. The van der Waals surface area contributed by atoms with Crippen LogP contribution in [0.1, 0.15) is 12.8 Å². The average Bonchev–Trinajstić information content (AvgIpc) is 2.21. The van der Waals surface area contributed by atoms with Gasteiger partial charge in [-0.05, 0) is 44.0 Å². The van der Waals surface area contributed by atoms with Gasteiger partial charge in [-0.3, -0.25) is 9.59 Å². The van der Waals surface area contributed by atoms with Crippen LogP contribution in [0.2, 0.25) is 0 Å². The van der Waals surface area contributed by atoms with Crippen molar-refractivity contribution in [2.45, 2.75) is 12.8 Å². The van der Waals surface area contributed by atoms with Crippen molar-refractivity contribution in [3.8, 4) is 0 Å². The standard InChI is InChI=1S/C10H9Br2NO3/c11-6-2-1-3-7(12)10(6)13-8(14)4-5-9(15)16/h1-3H,4-5H2,(H,13,14)(H,15,16). The highest BCUT2D eigenvalue weighted by Gasteiger charge is 2.10. The highest BCUT2D eigenvalue weighted by molar-refractivity contribution is 9.11. The molecule has 4 nitrogen and oxygen atoms in total. The fourth-order valence-electron chi connectivity index (χ4n) is 1.04. The maximum Gasteiger partial charge on any atom is 0.303 e. The number of nitrogens with one attached hydrogen (secondary N) is 1. The summed E-state index contributed by atoms with van der Waals surface area (Å²) in [5.74, 6) is -1.31.